The summed E-state index contributed by atoms with van der Waals surface area (Å²) in [6, 6.07) is 14.8. The lowest BCUT2D eigenvalue weighted by atomic mass is 9.98. The number of rotatable bonds is 8. The zero-order valence-corrected chi connectivity index (χ0v) is 13.4. The molecule has 0 aliphatic heterocycles. The third-order valence-electron chi connectivity index (χ3n) is 4.19. The van der Waals surface area contributed by atoms with Crippen LogP contribution in [0, 0.1) is 5.92 Å². The summed E-state index contributed by atoms with van der Waals surface area (Å²) in [5.74, 6) is -1.53. The zero-order valence-electron chi connectivity index (χ0n) is 13.4. The number of hydroxylamine groups is 1. The van der Waals surface area contributed by atoms with Gasteiger partial charge in [-0.3, -0.25) is 14.8 Å². The van der Waals surface area contributed by atoms with E-state index in [1.54, 1.807) is 0 Å². The molecule has 0 fully saturated rings. The van der Waals surface area contributed by atoms with Gasteiger partial charge < -0.3 is 0 Å². The van der Waals surface area contributed by atoms with Gasteiger partial charge in [-0.1, -0.05) is 48.9 Å². The molecule has 0 aliphatic rings. The minimum absolute atomic E-state index is 0.123. The summed E-state index contributed by atoms with van der Waals surface area (Å²) >= 11 is 0. The maximum atomic E-state index is 11.8. The largest absolute Gasteiger partial charge is 0.299 e. The van der Waals surface area contributed by atoms with Gasteiger partial charge in [0.15, 0.2) is 0 Å². The highest BCUT2D eigenvalue weighted by atomic mass is 16.5. The number of benzene rings is 2. The molecule has 0 saturated heterocycles. The molecule has 1 amide bonds. The van der Waals surface area contributed by atoms with Crippen LogP contribution in [0.4, 0.5) is 0 Å². The number of aryl methyl sites for hydroxylation is 1. The Hall–Kier alpha value is -2.20. The van der Waals surface area contributed by atoms with Gasteiger partial charge in [-0.15, -0.1) is 0 Å². The van der Waals surface area contributed by atoms with E-state index in [2.05, 4.69) is 30.3 Å². The maximum Gasteiger partial charge on any atom is 0.253 e. The number of nitrogens with one attached hydrogen (secondary N) is 1. The van der Waals surface area contributed by atoms with E-state index in [1.165, 1.54) is 28.7 Å². The predicted octanol–water partition coefficient (Wildman–Crippen LogP) is 3.65. The van der Waals surface area contributed by atoms with E-state index in [1.807, 2.05) is 12.1 Å². The minimum Gasteiger partial charge on any atom is -0.299 e. The van der Waals surface area contributed by atoms with Crippen LogP contribution in [0.5, 0.6) is 0 Å². The van der Waals surface area contributed by atoms with Gasteiger partial charge in [-0.25, -0.2) is 5.48 Å². The second-order valence-electron chi connectivity index (χ2n) is 5.91. The lowest BCUT2D eigenvalue weighted by Crippen LogP contribution is -2.31. The molecule has 0 unspecified atom stereocenters. The molecule has 23 heavy (non-hydrogen) atoms. The smallest absolute Gasteiger partial charge is 0.253 e. The third-order valence-corrected chi connectivity index (χ3v) is 4.19. The van der Waals surface area contributed by atoms with Gasteiger partial charge in [-0.05, 0) is 42.5 Å². The molecule has 2 aromatic rings. The van der Waals surface area contributed by atoms with Crippen molar-refractivity contribution in [1.82, 2.24) is 5.48 Å². The van der Waals surface area contributed by atoms with Crippen LogP contribution in [0.1, 0.15) is 38.2 Å². The lowest BCUT2D eigenvalue weighted by molar-refractivity contribution is -0.139. The highest BCUT2D eigenvalue weighted by Crippen LogP contribution is 2.17. The van der Waals surface area contributed by atoms with Gasteiger partial charge in [0.2, 0.25) is 0 Å². The number of ketones is 1. The Balaban J connectivity index is 1.72. The highest BCUT2D eigenvalue weighted by Gasteiger charge is 2.19. The molecule has 0 saturated carbocycles. The Morgan fingerprint density at radius 1 is 1.04 bits per heavy atom. The first kappa shape index (κ1) is 17.2. The first-order chi connectivity index (χ1) is 11.1. The van der Waals surface area contributed by atoms with Crippen LogP contribution in [-0.4, -0.2) is 16.9 Å². The van der Waals surface area contributed by atoms with E-state index >= 15 is 0 Å². The summed E-state index contributed by atoms with van der Waals surface area (Å²) in [6.07, 6.45) is 4.12. The molecular formula is C19H23NO3. The molecule has 0 radical (unpaired) electrons. The number of fused-ring (bicyclic) bond motifs is 1. The van der Waals surface area contributed by atoms with E-state index in [0.29, 0.717) is 6.42 Å². The maximum absolute atomic E-state index is 11.8. The first-order valence-corrected chi connectivity index (χ1v) is 8.06. The summed E-state index contributed by atoms with van der Waals surface area (Å²) in [5, 5.41) is 11.0. The summed E-state index contributed by atoms with van der Waals surface area (Å²) < 4.78 is 0. The zero-order chi connectivity index (χ0) is 16.7. The van der Waals surface area contributed by atoms with Crippen molar-refractivity contribution in [3.63, 3.8) is 0 Å². The van der Waals surface area contributed by atoms with Crippen LogP contribution in [0.3, 0.4) is 0 Å². The fourth-order valence-corrected chi connectivity index (χ4v) is 2.66. The van der Waals surface area contributed by atoms with Gasteiger partial charge in [0, 0.05) is 6.42 Å². The van der Waals surface area contributed by atoms with Crippen molar-refractivity contribution in [1.29, 1.82) is 0 Å². The van der Waals surface area contributed by atoms with Crippen LogP contribution in [-0.2, 0) is 16.0 Å². The normalized spacial score (nSPS) is 12.1. The second kappa shape index (κ2) is 8.44. The standard InChI is InChI=1S/C19H23NO3/c1-14(19(22)20-23)18(21)10-4-2-3-7-15-11-12-16-8-5-6-9-17(16)13-15/h5-6,8-9,11-14,23H,2-4,7,10H2,1H3,(H,20,22)/t14-/m1/s1. The predicted molar refractivity (Wildman–Crippen MR) is 90.2 cm³/mol. The fraction of sp³-hybridized carbons (Fsp3) is 0.368. The molecule has 0 heterocycles. The molecular weight excluding hydrogens is 290 g/mol. The SMILES string of the molecule is C[C@H](C(=O)CCCCCc1ccc2ccccc2c1)C(=O)NO. The average Bonchev–Trinajstić information content (AvgIpc) is 2.59. The number of Topliss-reactive ketones (excluding diaryl/α,β-unsaturated/α-hetero) is 1. The van der Waals surface area contributed by atoms with Crippen LogP contribution < -0.4 is 5.48 Å². The molecule has 0 spiro atoms. The number of hydrogen-bond acceptors (Lipinski definition) is 3. The molecule has 2 aromatic carbocycles. The van der Waals surface area contributed by atoms with Crippen molar-refractivity contribution >= 4 is 22.5 Å². The fourth-order valence-electron chi connectivity index (χ4n) is 2.66. The van der Waals surface area contributed by atoms with Gasteiger partial charge in [0.25, 0.3) is 5.91 Å². The van der Waals surface area contributed by atoms with Gasteiger partial charge in [0.05, 0.1) is 5.92 Å². The summed E-state index contributed by atoms with van der Waals surface area (Å²) in [7, 11) is 0. The Bertz CT molecular complexity index is 681. The molecule has 2 N–H and O–H groups in total. The average molecular weight is 313 g/mol. The molecule has 0 bridgehead atoms. The van der Waals surface area contributed by atoms with Crippen molar-refractivity contribution in [2.45, 2.75) is 39.0 Å². The monoisotopic (exact) mass is 313 g/mol. The van der Waals surface area contributed by atoms with E-state index in [9.17, 15) is 9.59 Å². The van der Waals surface area contributed by atoms with Crippen molar-refractivity contribution in [3.05, 3.63) is 48.0 Å². The van der Waals surface area contributed by atoms with Crippen molar-refractivity contribution < 1.29 is 14.8 Å². The number of hydrogen-bond donors (Lipinski definition) is 2. The van der Waals surface area contributed by atoms with Crippen LogP contribution in [0.2, 0.25) is 0 Å². The number of carbonyl (C=O) groups excluding carboxylic acids is 2. The van der Waals surface area contributed by atoms with Crippen molar-refractivity contribution in [2.24, 2.45) is 5.92 Å². The second-order valence-corrected chi connectivity index (χ2v) is 5.91. The number of amides is 1. The van der Waals surface area contributed by atoms with Gasteiger partial charge >= 0.3 is 0 Å². The van der Waals surface area contributed by atoms with Gasteiger partial charge in [0.1, 0.15) is 5.78 Å². The summed E-state index contributed by atoms with van der Waals surface area (Å²) in [4.78, 5) is 22.9. The van der Waals surface area contributed by atoms with E-state index in [0.717, 1.165) is 25.7 Å². The van der Waals surface area contributed by atoms with Crippen LogP contribution >= 0.6 is 0 Å². The minimum atomic E-state index is -0.777. The van der Waals surface area contributed by atoms with Crippen LogP contribution in [0.15, 0.2) is 42.5 Å². The molecule has 1 atom stereocenters. The Morgan fingerprint density at radius 2 is 1.78 bits per heavy atom. The lowest BCUT2D eigenvalue weighted by Gasteiger charge is -2.08. The molecule has 122 valence electrons. The van der Waals surface area contributed by atoms with E-state index in [-0.39, 0.29) is 5.78 Å². The molecule has 2 rings (SSSR count). The molecule has 0 aliphatic carbocycles. The number of carbonyl (C=O) groups is 2. The van der Waals surface area contributed by atoms with Crippen molar-refractivity contribution in [2.75, 3.05) is 0 Å². The molecule has 4 heteroatoms. The Labute approximate surface area is 136 Å². The van der Waals surface area contributed by atoms with E-state index < -0.39 is 11.8 Å². The summed E-state index contributed by atoms with van der Waals surface area (Å²) in [5.41, 5.74) is 2.83. The number of unbranched alkanes of at least 4 members (excludes halogenated alkanes) is 2. The molecule has 4 nitrogen and oxygen atoms in total. The summed E-state index contributed by atoms with van der Waals surface area (Å²) in [6.45, 7) is 1.52. The van der Waals surface area contributed by atoms with E-state index in [4.69, 9.17) is 5.21 Å². The Kier molecular flexibility index (Phi) is 6.29. The third kappa shape index (κ3) is 4.89. The highest BCUT2D eigenvalue weighted by molar-refractivity contribution is 6.00. The van der Waals surface area contributed by atoms with Gasteiger partial charge in [-0.2, -0.15) is 0 Å². The Morgan fingerprint density at radius 3 is 2.52 bits per heavy atom. The van der Waals surface area contributed by atoms with Crippen molar-refractivity contribution in [3.8, 4) is 0 Å². The molecule has 0 aromatic heterocycles. The van der Waals surface area contributed by atoms with Crippen LogP contribution in [0.25, 0.3) is 10.8 Å². The first-order valence-electron chi connectivity index (χ1n) is 8.06. The quantitative estimate of drug-likeness (QED) is 0.338. The topological polar surface area (TPSA) is 66.4 Å².